The smallest absolute Gasteiger partial charge is 0.251 e. The summed E-state index contributed by atoms with van der Waals surface area (Å²) in [5.41, 5.74) is 0.886. The fraction of sp³-hybridized carbons (Fsp3) is 0.600. The van der Waals surface area contributed by atoms with Crippen LogP contribution in [-0.2, 0) is 0 Å². The average Bonchev–Trinajstić information content (AvgIpc) is 2.18. The predicted octanol–water partition coefficient (Wildman–Crippen LogP) is 1.39. The van der Waals surface area contributed by atoms with Gasteiger partial charge in [-0.1, -0.05) is 0 Å². The zero-order valence-electron chi connectivity index (χ0n) is 9.16. The van der Waals surface area contributed by atoms with Crippen LogP contribution in [0, 0.1) is 6.92 Å². The third-order valence-electron chi connectivity index (χ3n) is 2.60. The van der Waals surface area contributed by atoms with E-state index in [0.717, 1.165) is 31.6 Å². The van der Waals surface area contributed by atoms with Crippen molar-refractivity contribution in [1.29, 1.82) is 0 Å². The third kappa shape index (κ3) is 3.77. The van der Waals surface area contributed by atoms with E-state index in [4.69, 9.17) is 0 Å². The van der Waals surface area contributed by atoms with E-state index in [1.807, 2.05) is 6.92 Å². The molecule has 0 amide bonds. The lowest BCUT2D eigenvalue weighted by Gasteiger charge is -2.21. The Balaban J connectivity index is 0.00000112. The number of halogens is 2. The molecule has 0 saturated carbocycles. The van der Waals surface area contributed by atoms with Crippen LogP contribution in [0.15, 0.2) is 10.9 Å². The zero-order valence-corrected chi connectivity index (χ0v) is 10.8. The quantitative estimate of drug-likeness (QED) is 0.807. The van der Waals surface area contributed by atoms with E-state index in [2.05, 4.69) is 15.3 Å². The molecular weight excluding hydrogens is 249 g/mol. The first-order valence-electron chi connectivity index (χ1n) is 5.04. The minimum absolute atomic E-state index is 0. The van der Waals surface area contributed by atoms with Crippen molar-refractivity contribution in [2.75, 3.05) is 13.1 Å². The first-order valence-corrected chi connectivity index (χ1v) is 5.04. The molecule has 1 aliphatic heterocycles. The normalized spacial score (nSPS) is 19.4. The molecule has 1 atom stereocenters. The van der Waals surface area contributed by atoms with Gasteiger partial charge in [-0.15, -0.1) is 24.8 Å². The second-order valence-corrected chi connectivity index (χ2v) is 3.80. The molecule has 6 heteroatoms. The highest BCUT2D eigenvalue weighted by atomic mass is 35.5. The number of nitrogens with zero attached hydrogens (tertiary/aromatic N) is 1. The summed E-state index contributed by atoms with van der Waals surface area (Å²) in [6.07, 6.45) is 2.29. The van der Waals surface area contributed by atoms with Crippen LogP contribution in [0.25, 0.3) is 0 Å². The maximum atomic E-state index is 11.2. The largest absolute Gasteiger partial charge is 0.316 e. The minimum atomic E-state index is -0.0435. The van der Waals surface area contributed by atoms with Crippen LogP contribution < -0.4 is 10.9 Å². The predicted molar refractivity (Wildman–Crippen MR) is 68.9 cm³/mol. The first kappa shape index (κ1) is 15.4. The minimum Gasteiger partial charge on any atom is -0.316 e. The molecule has 2 N–H and O–H groups in total. The maximum absolute atomic E-state index is 11.2. The second kappa shape index (κ2) is 6.89. The Bertz CT molecular complexity index is 375. The molecule has 1 aromatic rings. The lowest BCUT2D eigenvalue weighted by molar-refractivity contribution is 0.453. The van der Waals surface area contributed by atoms with Gasteiger partial charge in [0.25, 0.3) is 5.56 Å². The highest BCUT2D eigenvalue weighted by Gasteiger charge is 2.16. The summed E-state index contributed by atoms with van der Waals surface area (Å²) in [5.74, 6) is 1.11. The number of aryl methyl sites for hydroxylation is 1. The van der Waals surface area contributed by atoms with Crippen LogP contribution in [0.5, 0.6) is 0 Å². The van der Waals surface area contributed by atoms with Crippen molar-refractivity contribution in [2.24, 2.45) is 0 Å². The number of rotatable bonds is 1. The van der Waals surface area contributed by atoms with Gasteiger partial charge in [0.2, 0.25) is 0 Å². The molecule has 92 valence electrons. The Morgan fingerprint density at radius 2 is 2.19 bits per heavy atom. The zero-order chi connectivity index (χ0) is 9.97. The van der Waals surface area contributed by atoms with Crippen molar-refractivity contribution in [2.45, 2.75) is 25.7 Å². The summed E-state index contributed by atoms with van der Waals surface area (Å²) >= 11 is 0. The molecule has 16 heavy (non-hydrogen) atoms. The molecule has 2 rings (SSSR count). The Kier molecular flexibility index (Phi) is 6.64. The van der Waals surface area contributed by atoms with Gasteiger partial charge in [0.15, 0.2) is 0 Å². The number of hydrogen-bond donors (Lipinski definition) is 2. The molecule has 1 aromatic heterocycles. The number of aromatic nitrogens is 2. The molecule has 0 spiro atoms. The van der Waals surface area contributed by atoms with Gasteiger partial charge in [0.1, 0.15) is 5.82 Å². The van der Waals surface area contributed by atoms with Gasteiger partial charge in [-0.3, -0.25) is 4.79 Å². The van der Waals surface area contributed by atoms with Gasteiger partial charge >= 0.3 is 0 Å². The molecule has 0 radical (unpaired) electrons. The van der Waals surface area contributed by atoms with E-state index >= 15 is 0 Å². The van der Waals surface area contributed by atoms with E-state index in [1.165, 1.54) is 0 Å². The molecule has 0 bridgehead atoms. The van der Waals surface area contributed by atoms with Crippen LogP contribution in [0.3, 0.4) is 0 Å². The average molecular weight is 266 g/mol. The SMILES string of the molecule is Cc1nc(C2CCCNC2)cc(=O)[nH]1.Cl.Cl. The van der Waals surface area contributed by atoms with Crippen molar-refractivity contribution in [3.05, 3.63) is 27.9 Å². The third-order valence-corrected chi connectivity index (χ3v) is 2.60. The van der Waals surface area contributed by atoms with Gasteiger partial charge in [-0.05, 0) is 26.3 Å². The summed E-state index contributed by atoms with van der Waals surface area (Å²) in [5, 5.41) is 3.32. The molecule has 1 unspecified atom stereocenters. The lowest BCUT2D eigenvalue weighted by Crippen LogP contribution is -2.29. The topological polar surface area (TPSA) is 57.8 Å². The van der Waals surface area contributed by atoms with Crippen LogP contribution in [0.4, 0.5) is 0 Å². The molecule has 1 aliphatic rings. The van der Waals surface area contributed by atoms with Crippen LogP contribution >= 0.6 is 24.8 Å². The van der Waals surface area contributed by atoms with E-state index < -0.39 is 0 Å². The van der Waals surface area contributed by atoms with Crippen molar-refractivity contribution in [3.8, 4) is 0 Å². The Hall–Kier alpha value is -0.580. The highest BCUT2D eigenvalue weighted by Crippen LogP contribution is 2.19. The molecule has 2 heterocycles. The Labute approximate surface area is 107 Å². The van der Waals surface area contributed by atoms with E-state index in [0.29, 0.717) is 11.7 Å². The summed E-state index contributed by atoms with van der Waals surface area (Å²) in [7, 11) is 0. The van der Waals surface area contributed by atoms with Crippen LogP contribution in [0.1, 0.15) is 30.3 Å². The molecule has 0 aliphatic carbocycles. The number of nitrogens with one attached hydrogen (secondary N) is 2. The van der Waals surface area contributed by atoms with Crippen molar-refractivity contribution < 1.29 is 0 Å². The second-order valence-electron chi connectivity index (χ2n) is 3.80. The van der Waals surface area contributed by atoms with Gasteiger partial charge in [0, 0.05) is 18.5 Å². The lowest BCUT2D eigenvalue weighted by atomic mass is 9.96. The molecular formula is C10H17Cl2N3O. The Morgan fingerprint density at radius 3 is 2.75 bits per heavy atom. The number of aromatic amines is 1. The van der Waals surface area contributed by atoms with E-state index in [-0.39, 0.29) is 30.4 Å². The number of hydrogen-bond acceptors (Lipinski definition) is 3. The Morgan fingerprint density at radius 1 is 1.44 bits per heavy atom. The van der Waals surface area contributed by atoms with Crippen LogP contribution in [-0.4, -0.2) is 23.1 Å². The van der Waals surface area contributed by atoms with Crippen molar-refractivity contribution >= 4 is 24.8 Å². The van der Waals surface area contributed by atoms with E-state index in [1.54, 1.807) is 6.07 Å². The first-order chi connectivity index (χ1) is 6.75. The molecule has 1 saturated heterocycles. The van der Waals surface area contributed by atoms with Crippen LogP contribution in [0.2, 0.25) is 0 Å². The van der Waals surface area contributed by atoms with Gasteiger partial charge in [0.05, 0.1) is 5.69 Å². The number of piperidine rings is 1. The summed E-state index contributed by atoms with van der Waals surface area (Å²) in [4.78, 5) is 18.3. The number of H-pyrrole nitrogens is 1. The van der Waals surface area contributed by atoms with E-state index in [9.17, 15) is 4.79 Å². The summed E-state index contributed by atoms with van der Waals surface area (Å²) in [6.45, 7) is 3.84. The maximum Gasteiger partial charge on any atom is 0.251 e. The van der Waals surface area contributed by atoms with Crippen molar-refractivity contribution in [1.82, 2.24) is 15.3 Å². The van der Waals surface area contributed by atoms with Crippen molar-refractivity contribution in [3.63, 3.8) is 0 Å². The molecule has 0 aromatic carbocycles. The van der Waals surface area contributed by atoms with Gasteiger partial charge in [-0.25, -0.2) is 4.98 Å². The summed E-state index contributed by atoms with van der Waals surface area (Å²) in [6, 6.07) is 1.62. The molecule has 4 nitrogen and oxygen atoms in total. The fourth-order valence-corrected chi connectivity index (χ4v) is 1.92. The fourth-order valence-electron chi connectivity index (χ4n) is 1.92. The highest BCUT2D eigenvalue weighted by molar-refractivity contribution is 5.85. The molecule has 1 fully saturated rings. The monoisotopic (exact) mass is 265 g/mol. The van der Waals surface area contributed by atoms with Gasteiger partial charge in [-0.2, -0.15) is 0 Å². The summed E-state index contributed by atoms with van der Waals surface area (Å²) < 4.78 is 0. The van der Waals surface area contributed by atoms with Gasteiger partial charge < -0.3 is 10.3 Å². The standard InChI is InChI=1S/C10H15N3O.2ClH/c1-7-12-9(5-10(14)13-7)8-3-2-4-11-6-8;;/h5,8,11H,2-4,6H2,1H3,(H,12,13,14);2*1H.